The average Bonchev–Trinajstić information content (AvgIpc) is 2.46. The number of esters is 1. The number of hydrogen-bond donors (Lipinski definition) is 1. The highest BCUT2D eigenvalue weighted by Crippen LogP contribution is 2.21. The SMILES string of the molecule is COC(=O)CC(NC(=O)CN(C)C(C)C)c1cccc(Br)c1. The van der Waals surface area contributed by atoms with E-state index in [4.69, 9.17) is 4.74 Å². The summed E-state index contributed by atoms with van der Waals surface area (Å²) in [6.45, 7) is 4.32. The number of ether oxygens (including phenoxy) is 1. The normalized spacial score (nSPS) is 12.3. The molecule has 0 aliphatic carbocycles. The molecule has 0 saturated heterocycles. The number of methoxy groups -OCH3 is 1. The number of likely N-dealkylation sites (N-methyl/N-ethyl adjacent to an activating group) is 1. The van der Waals surface area contributed by atoms with Crippen molar-refractivity contribution in [1.29, 1.82) is 0 Å². The van der Waals surface area contributed by atoms with E-state index in [1.165, 1.54) is 7.11 Å². The van der Waals surface area contributed by atoms with E-state index in [0.717, 1.165) is 10.0 Å². The van der Waals surface area contributed by atoms with E-state index in [2.05, 4.69) is 21.2 Å². The zero-order valence-corrected chi connectivity index (χ0v) is 15.0. The lowest BCUT2D eigenvalue weighted by Crippen LogP contribution is -2.40. The van der Waals surface area contributed by atoms with Crippen LogP contribution in [0, 0.1) is 0 Å². The molecular weight excluding hydrogens is 348 g/mol. The van der Waals surface area contributed by atoms with E-state index in [-0.39, 0.29) is 30.9 Å². The number of halogens is 1. The predicted octanol–water partition coefficient (Wildman–Crippen LogP) is 2.51. The minimum absolute atomic E-state index is 0.101. The number of nitrogens with one attached hydrogen (secondary N) is 1. The number of amides is 1. The molecule has 1 atom stereocenters. The lowest BCUT2D eigenvalue weighted by atomic mass is 10.0. The predicted molar refractivity (Wildman–Crippen MR) is 89.4 cm³/mol. The lowest BCUT2D eigenvalue weighted by Gasteiger charge is -2.23. The monoisotopic (exact) mass is 370 g/mol. The van der Waals surface area contributed by atoms with Gasteiger partial charge in [-0.05, 0) is 38.6 Å². The van der Waals surface area contributed by atoms with Crippen molar-refractivity contribution in [2.24, 2.45) is 0 Å². The molecule has 0 saturated carbocycles. The zero-order chi connectivity index (χ0) is 16.7. The molecule has 0 fully saturated rings. The van der Waals surface area contributed by atoms with Gasteiger partial charge in [0.2, 0.25) is 5.91 Å². The second-order valence-electron chi connectivity index (χ2n) is 5.46. The van der Waals surface area contributed by atoms with Gasteiger partial charge in [0.25, 0.3) is 0 Å². The van der Waals surface area contributed by atoms with Gasteiger partial charge in [0, 0.05) is 10.5 Å². The minimum atomic E-state index is -0.405. The highest BCUT2D eigenvalue weighted by molar-refractivity contribution is 9.10. The van der Waals surface area contributed by atoms with Crippen molar-refractivity contribution in [3.05, 3.63) is 34.3 Å². The smallest absolute Gasteiger partial charge is 0.307 e. The molecule has 0 aromatic heterocycles. The Morgan fingerprint density at radius 2 is 2.05 bits per heavy atom. The van der Waals surface area contributed by atoms with Crippen molar-refractivity contribution in [3.8, 4) is 0 Å². The molecule has 0 spiro atoms. The van der Waals surface area contributed by atoms with Crippen molar-refractivity contribution in [3.63, 3.8) is 0 Å². The maximum absolute atomic E-state index is 12.2. The third-order valence-corrected chi connectivity index (χ3v) is 3.95. The van der Waals surface area contributed by atoms with Gasteiger partial charge in [-0.2, -0.15) is 0 Å². The largest absolute Gasteiger partial charge is 0.469 e. The van der Waals surface area contributed by atoms with Gasteiger partial charge in [-0.25, -0.2) is 0 Å². The first-order chi connectivity index (χ1) is 10.3. The molecular formula is C16H23BrN2O3. The van der Waals surface area contributed by atoms with Crippen molar-refractivity contribution in [2.75, 3.05) is 20.7 Å². The molecule has 0 aliphatic rings. The highest BCUT2D eigenvalue weighted by Gasteiger charge is 2.20. The Labute approximate surface area is 140 Å². The lowest BCUT2D eigenvalue weighted by molar-refractivity contribution is -0.141. The van der Waals surface area contributed by atoms with Crippen LogP contribution in [0.15, 0.2) is 28.7 Å². The summed E-state index contributed by atoms with van der Waals surface area (Å²) < 4.78 is 5.62. The van der Waals surface area contributed by atoms with E-state index >= 15 is 0 Å². The van der Waals surface area contributed by atoms with Crippen LogP contribution in [0.25, 0.3) is 0 Å². The zero-order valence-electron chi connectivity index (χ0n) is 13.4. The average molecular weight is 371 g/mol. The number of carbonyl (C=O) groups is 2. The number of nitrogens with zero attached hydrogens (tertiary/aromatic N) is 1. The van der Waals surface area contributed by atoms with Gasteiger partial charge in [0.1, 0.15) is 0 Å². The van der Waals surface area contributed by atoms with Crippen LogP contribution in [-0.4, -0.2) is 43.5 Å². The van der Waals surface area contributed by atoms with E-state index < -0.39 is 6.04 Å². The molecule has 22 heavy (non-hydrogen) atoms. The topological polar surface area (TPSA) is 58.6 Å². The van der Waals surface area contributed by atoms with Gasteiger partial charge >= 0.3 is 5.97 Å². The number of carbonyl (C=O) groups excluding carboxylic acids is 2. The van der Waals surface area contributed by atoms with E-state index in [1.54, 1.807) is 0 Å². The first kappa shape index (κ1) is 18.6. The quantitative estimate of drug-likeness (QED) is 0.749. The van der Waals surface area contributed by atoms with Crippen LogP contribution in [0.3, 0.4) is 0 Å². The number of benzene rings is 1. The fraction of sp³-hybridized carbons (Fsp3) is 0.500. The molecule has 1 amide bonds. The molecule has 0 bridgehead atoms. The Balaban J connectivity index is 2.82. The van der Waals surface area contributed by atoms with Gasteiger partial charge < -0.3 is 10.1 Å². The molecule has 5 nitrogen and oxygen atoms in total. The molecule has 122 valence electrons. The number of hydrogen-bond acceptors (Lipinski definition) is 4. The van der Waals surface area contributed by atoms with E-state index in [1.807, 2.05) is 50.1 Å². The third-order valence-electron chi connectivity index (χ3n) is 3.46. The molecule has 0 heterocycles. The Kier molecular flexibility index (Phi) is 7.55. The minimum Gasteiger partial charge on any atom is -0.469 e. The maximum atomic E-state index is 12.2. The third kappa shape index (κ3) is 6.15. The standard InChI is InChI=1S/C16H23BrN2O3/c1-11(2)19(3)10-15(20)18-14(9-16(21)22-4)12-6-5-7-13(17)8-12/h5-8,11,14H,9-10H2,1-4H3,(H,18,20). The van der Waals surface area contributed by atoms with Gasteiger partial charge in [0.05, 0.1) is 26.1 Å². The Hall–Kier alpha value is -1.40. The molecule has 1 N–H and O–H groups in total. The highest BCUT2D eigenvalue weighted by atomic mass is 79.9. The van der Waals surface area contributed by atoms with Crippen molar-refractivity contribution in [2.45, 2.75) is 32.4 Å². The first-order valence-electron chi connectivity index (χ1n) is 7.15. The van der Waals surface area contributed by atoms with Gasteiger partial charge in [-0.3, -0.25) is 14.5 Å². The Bertz CT molecular complexity index is 520. The van der Waals surface area contributed by atoms with Crippen LogP contribution < -0.4 is 5.32 Å². The van der Waals surface area contributed by atoms with Gasteiger partial charge in [-0.1, -0.05) is 28.1 Å². The Morgan fingerprint density at radius 3 is 2.59 bits per heavy atom. The summed E-state index contributed by atoms with van der Waals surface area (Å²) in [7, 11) is 3.23. The second kappa shape index (κ2) is 8.90. The van der Waals surface area contributed by atoms with Crippen molar-refractivity contribution >= 4 is 27.8 Å². The molecule has 1 unspecified atom stereocenters. The maximum Gasteiger partial charge on any atom is 0.307 e. The summed E-state index contributed by atoms with van der Waals surface area (Å²) in [5.41, 5.74) is 0.861. The summed E-state index contributed by atoms with van der Waals surface area (Å²) in [6.07, 6.45) is 0.101. The van der Waals surface area contributed by atoms with Crippen LogP contribution in [0.1, 0.15) is 31.9 Å². The summed E-state index contributed by atoms with van der Waals surface area (Å²) >= 11 is 3.40. The van der Waals surface area contributed by atoms with Gasteiger partial charge in [-0.15, -0.1) is 0 Å². The molecule has 0 radical (unpaired) electrons. The molecule has 0 aliphatic heterocycles. The summed E-state index contributed by atoms with van der Waals surface area (Å²) in [4.78, 5) is 25.7. The van der Waals surface area contributed by atoms with Crippen molar-refractivity contribution < 1.29 is 14.3 Å². The Morgan fingerprint density at radius 1 is 1.36 bits per heavy atom. The summed E-state index contributed by atoms with van der Waals surface area (Å²) in [5.74, 6) is -0.479. The summed E-state index contributed by atoms with van der Waals surface area (Å²) in [6, 6.07) is 7.40. The fourth-order valence-electron chi connectivity index (χ4n) is 1.87. The van der Waals surface area contributed by atoms with Crippen molar-refractivity contribution in [1.82, 2.24) is 10.2 Å². The van der Waals surface area contributed by atoms with E-state index in [0.29, 0.717) is 0 Å². The van der Waals surface area contributed by atoms with Gasteiger partial charge in [0.15, 0.2) is 0 Å². The van der Waals surface area contributed by atoms with Crippen LogP contribution in [0.5, 0.6) is 0 Å². The first-order valence-corrected chi connectivity index (χ1v) is 7.94. The number of rotatable bonds is 7. The summed E-state index contributed by atoms with van der Waals surface area (Å²) in [5, 5.41) is 2.91. The fourth-order valence-corrected chi connectivity index (χ4v) is 2.29. The molecule has 6 heteroatoms. The molecule has 1 aromatic rings. The molecule has 1 rings (SSSR count). The molecule has 1 aromatic carbocycles. The second-order valence-corrected chi connectivity index (χ2v) is 6.38. The van der Waals surface area contributed by atoms with Crippen LogP contribution in [0.4, 0.5) is 0 Å². The van der Waals surface area contributed by atoms with E-state index in [9.17, 15) is 9.59 Å². The van der Waals surface area contributed by atoms with Crippen LogP contribution >= 0.6 is 15.9 Å². The van der Waals surface area contributed by atoms with Crippen LogP contribution in [-0.2, 0) is 14.3 Å². The van der Waals surface area contributed by atoms with Crippen LogP contribution in [0.2, 0.25) is 0 Å².